The summed E-state index contributed by atoms with van der Waals surface area (Å²) in [5, 5.41) is 2.81. The number of likely N-dealkylation sites (N-methyl/N-ethyl adjacent to an activating group) is 1. The van der Waals surface area contributed by atoms with Crippen LogP contribution in [0.25, 0.3) is 11.1 Å². The topological polar surface area (TPSA) is 67.4 Å². The molecule has 0 saturated carbocycles. The third-order valence-electron chi connectivity index (χ3n) is 5.50. The predicted molar refractivity (Wildman–Crippen MR) is 116 cm³/mol. The summed E-state index contributed by atoms with van der Waals surface area (Å²) in [6.07, 6.45) is 7.73. The third kappa shape index (κ3) is 4.56. The fourth-order valence-electron chi connectivity index (χ4n) is 3.97. The van der Waals surface area contributed by atoms with Crippen molar-refractivity contribution in [1.82, 2.24) is 20.2 Å². The molecule has 1 aromatic carbocycles. The Morgan fingerprint density at radius 1 is 1.03 bits per heavy atom. The fourth-order valence-corrected chi connectivity index (χ4v) is 3.97. The summed E-state index contributed by atoms with van der Waals surface area (Å²) in [5.41, 5.74) is 3.51. The van der Waals surface area contributed by atoms with E-state index < -0.39 is 5.60 Å². The van der Waals surface area contributed by atoms with E-state index in [1.807, 2.05) is 30.5 Å². The maximum atomic E-state index is 12.9. The molecular weight excluding hydrogens is 376 g/mol. The largest absolute Gasteiger partial charge is 0.362 e. The van der Waals surface area contributed by atoms with Crippen molar-refractivity contribution in [2.45, 2.75) is 18.6 Å². The summed E-state index contributed by atoms with van der Waals surface area (Å²) < 4.78 is 6.13. The summed E-state index contributed by atoms with van der Waals surface area (Å²) in [4.78, 5) is 23.4. The van der Waals surface area contributed by atoms with Gasteiger partial charge in [0.05, 0.1) is 6.61 Å². The number of carbonyl (C=O) groups excluding carboxylic acids is 1. The van der Waals surface area contributed by atoms with Crippen LogP contribution >= 0.6 is 0 Å². The number of hydrogen-bond acceptors (Lipinski definition) is 5. The number of benzene rings is 1. The van der Waals surface area contributed by atoms with Crippen LogP contribution in [0, 0.1) is 0 Å². The Kier molecular flexibility index (Phi) is 6.16. The molecule has 6 nitrogen and oxygen atoms in total. The maximum Gasteiger partial charge on any atom is 0.253 e. The van der Waals surface area contributed by atoms with Gasteiger partial charge in [0.25, 0.3) is 5.91 Å². The van der Waals surface area contributed by atoms with Crippen LogP contribution in [0.4, 0.5) is 0 Å². The minimum atomic E-state index is -0.907. The van der Waals surface area contributed by atoms with Gasteiger partial charge < -0.3 is 10.1 Å². The summed E-state index contributed by atoms with van der Waals surface area (Å²) in [5.74, 6) is -0.0849. The molecule has 6 heteroatoms. The third-order valence-corrected chi connectivity index (χ3v) is 5.50. The number of nitrogens with one attached hydrogen (secondary N) is 1. The molecule has 1 fully saturated rings. The highest BCUT2D eigenvalue weighted by Crippen LogP contribution is 2.26. The average molecular weight is 402 g/mol. The minimum absolute atomic E-state index is 0.0849. The SMILES string of the molecule is CNC(=O)C1(Cc2ccc(-c3cccnc3)cc2)CN(Cc2ccncc2)CCO1. The van der Waals surface area contributed by atoms with E-state index in [1.54, 1.807) is 25.6 Å². The molecule has 1 amide bonds. The first-order valence-electron chi connectivity index (χ1n) is 10.2. The second kappa shape index (κ2) is 9.15. The molecule has 3 aromatic rings. The lowest BCUT2D eigenvalue weighted by Crippen LogP contribution is -2.60. The van der Waals surface area contributed by atoms with Gasteiger partial charge in [-0.25, -0.2) is 0 Å². The van der Waals surface area contributed by atoms with E-state index in [0.717, 1.165) is 29.8 Å². The molecule has 0 bridgehead atoms. The van der Waals surface area contributed by atoms with Gasteiger partial charge >= 0.3 is 0 Å². The van der Waals surface area contributed by atoms with Crippen molar-refractivity contribution in [1.29, 1.82) is 0 Å². The molecule has 1 atom stereocenters. The van der Waals surface area contributed by atoms with Gasteiger partial charge in [0, 0.05) is 57.9 Å². The highest BCUT2D eigenvalue weighted by molar-refractivity contribution is 5.86. The van der Waals surface area contributed by atoms with Crippen LogP contribution in [0.3, 0.4) is 0 Å². The maximum absolute atomic E-state index is 12.9. The van der Waals surface area contributed by atoms with Gasteiger partial charge in [-0.15, -0.1) is 0 Å². The lowest BCUT2D eigenvalue weighted by molar-refractivity contribution is -0.160. The van der Waals surface area contributed by atoms with Crippen molar-refractivity contribution in [2.24, 2.45) is 0 Å². The van der Waals surface area contributed by atoms with Crippen molar-refractivity contribution in [3.8, 4) is 11.1 Å². The lowest BCUT2D eigenvalue weighted by Gasteiger charge is -2.41. The molecule has 0 spiro atoms. The minimum Gasteiger partial charge on any atom is -0.362 e. The number of morpholine rings is 1. The number of rotatable bonds is 6. The van der Waals surface area contributed by atoms with Gasteiger partial charge in [-0.3, -0.25) is 19.7 Å². The van der Waals surface area contributed by atoms with Gasteiger partial charge in [-0.1, -0.05) is 30.3 Å². The van der Waals surface area contributed by atoms with E-state index in [-0.39, 0.29) is 5.91 Å². The number of nitrogens with zero attached hydrogens (tertiary/aromatic N) is 3. The summed E-state index contributed by atoms with van der Waals surface area (Å²) in [6.45, 7) is 2.62. The highest BCUT2D eigenvalue weighted by Gasteiger charge is 2.43. The molecule has 1 N–H and O–H groups in total. The second-order valence-electron chi connectivity index (χ2n) is 7.60. The summed E-state index contributed by atoms with van der Waals surface area (Å²) in [6, 6.07) is 16.3. The van der Waals surface area contributed by atoms with Crippen LogP contribution in [-0.4, -0.2) is 53.1 Å². The first-order chi connectivity index (χ1) is 14.7. The summed E-state index contributed by atoms with van der Waals surface area (Å²) in [7, 11) is 1.67. The summed E-state index contributed by atoms with van der Waals surface area (Å²) >= 11 is 0. The van der Waals surface area contributed by atoms with Gasteiger partial charge in [0.15, 0.2) is 5.60 Å². The number of carbonyl (C=O) groups is 1. The monoisotopic (exact) mass is 402 g/mol. The number of pyridine rings is 2. The zero-order valence-corrected chi connectivity index (χ0v) is 17.1. The molecule has 3 heterocycles. The molecule has 1 aliphatic heterocycles. The Morgan fingerprint density at radius 2 is 1.83 bits per heavy atom. The van der Waals surface area contributed by atoms with Crippen molar-refractivity contribution in [3.63, 3.8) is 0 Å². The molecule has 30 heavy (non-hydrogen) atoms. The van der Waals surface area contributed by atoms with Gasteiger partial charge in [-0.2, -0.15) is 0 Å². The first kappa shape index (κ1) is 20.2. The zero-order chi connectivity index (χ0) is 20.8. The Morgan fingerprint density at radius 3 is 2.53 bits per heavy atom. The normalized spacial score (nSPS) is 19.4. The molecule has 1 aliphatic rings. The van der Waals surface area contributed by atoms with Gasteiger partial charge in [0.1, 0.15) is 0 Å². The molecule has 1 saturated heterocycles. The first-order valence-corrected chi connectivity index (χ1v) is 10.2. The van der Waals surface area contributed by atoms with Crippen molar-refractivity contribution in [2.75, 3.05) is 26.7 Å². The van der Waals surface area contributed by atoms with E-state index in [4.69, 9.17) is 4.74 Å². The average Bonchev–Trinajstić information content (AvgIpc) is 2.80. The lowest BCUT2D eigenvalue weighted by atomic mass is 9.90. The van der Waals surface area contributed by atoms with Crippen LogP contribution in [-0.2, 0) is 22.5 Å². The quantitative estimate of drug-likeness (QED) is 0.687. The number of hydrogen-bond donors (Lipinski definition) is 1. The molecule has 154 valence electrons. The standard InChI is InChI=1S/C24H26N4O2/c1-25-23(29)24(18-28(13-14-30-24)17-20-8-11-26-12-9-20)15-19-4-6-21(7-5-19)22-3-2-10-27-16-22/h2-12,16H,13-15,17-18H2,1H3,(H,25,29). The van der Waals surface area contributed by atoms with E-state index >= 15 is 0 Å². The second-order valence-corrected chi connectivity index (χ2v) is 7.60. The molecule has 1 unspecified atom stereocenters. The smallest absolute Gasteiger partial charge is 0.253 e. The van der Waals surface area contributed by atoms with Crippen LogP contribution in [0.1, 0.15) is 11.1 Å². The van der Waals surface area contributed by atoms with Crippen LogP contribution in [0.5, 0.6) is 0 Å². The van der Waals surface area contributed by atoms with Crippen molar-refractivity contribution >= 4 is 5.91 Å². The Bertz CT molecular complexity index is 964. The predicted octanol–water partition coefficient (Wildman–Crippen LogP) is 2.70. The molecular formula is C24H26N4O2. The Hall–Kier alpha value is -3.09. The number of aromatic nitrogens is 2. The Labute approximate surface area is 176 Å². The zero-order valence-electron chi connectivity index (χ0n) is 17.1. The van der Waals surface area contributed by atoms with Crippen molar-refractivity contribution in [3.05, 3.63) is 84.4 Å². The van der Waals surface area contributed by atoms with Crippen LogP contribution < -0.4 is 5.32 Å². The van der Waals surface area contributed by atoms with E-state index in [0.29, 0.717) is 19.6 Å². The van der Waals surface area contributed by atoms with Gasteiger partial charge in [-0.05, 0) is 40.5 Å². The number of ether oxygens (including phenoxy) is 1. The molecule has 4 rings (SSSR count). The Balaban J connectivity index is 1.52. The van der Waals surface area contributed by atoms with Gasteiger partial charge in [0.2, 0.25) is 0 Å². The van der Waals surface area contributed by atoms with E-state index in [9.17, 15) is 4.79 Å². The molecule has 0 aliphatic carbocycles. The molecule has 2 aromatic heterocycles. The van der Waals surface area contributed by atoms with Crippen LogP contribution in [0.2, 0.25) is 0 Å². The fraction of sp³-hybridized carbons (Fsp3) is 0.292. The van der Waals surface area contributed by atoms with E-state index in [2.05, 4.69) is 44.5 Å². The highest BCUT2D eigenvalue weighted by atomic mass is 16.5. The number of amides is 1. The van der Waals surface area contributed by atoms with Crippen LogP contribution in [0.15, 0.2) is 73.3 Å². The van der Waals surface area contributed by atoms with Crippen molar-refractivity contribution < 1.29 is 9.53 Å². The van der Waals surface area contributed by atoms with E-state index in [1.165, 1.54) is 5.56 Å². The molecule has 0 radical (unpaired) electrons.